The number of rotatable bonds is 1. The summed E-state index contributed by atoms with van der Waals surface area (Å²) in [5.41, 5.74) is -0.464. The van der Waals surface area contributed by atoms with Gasteiger partial charge in [0, 0.05) is 0 Å². The SMILES string of the molecule is [B]C([B])C1CCC(C(F)(F)F)CC1. The molecule has 0 heterocycles. The van der Waals surface area contributed by atoms with Crippen molar-refractivity contribution >= 4 is 15.7 Å². The summed E-state index contributed by atoms with van der Waals surface area (Å²) in [5.74, 6) is -1.07. The summed E-state index contributed by atoms with van der Waals surface area (Å²) in [6, 6.07) is 0. The Kier molecular flexibility index (Phi) is 3.36. The number of halogens is 3. The van der Waals surface area contributed by atoms with Gasteiger partial charge in [-0.15, -0.1) is 5.72 Å². The molecule has 1 rings (SSSR count). The fraction of sp³-hybridized carbons (Fsp3) is 1.00. The standard InChI is InChI=1S/C8H11B2F3/c9-7(10)5-1-3-6(4-2-5)8(11,12)13/h5-7H,1-4H2. The van der Waals surface area contributed by atoms with Gasteiger partial charge in [0.05, 0.1) is 21.6 Å². The summed E-state index contributed by atoms with van der Waals surface area (Å²) < 4.78 is 36.6. The maximum Gasteiger partial charge on any atom is 0.391 e. The Labute approximate surface area is 79.1 Å². The molecule has 5 heteroatoms. The van der Waals surface area contributed by atoms with Crippen molar-refractivity contribution in [2.24, 2.45) is 11.8 Å². The summed E-state index contributed by atoms with van der Waals surface area (Å²) in [5, 5.41) is 0. The van der Waals surface area contributed by atoms with Gasteiger partial charge in [0.2, 0.25) is 0 Å². The molecule has 0 spiro atoms. The minimum Gasteiger partial charge on any atom is -0.171 e. The molecule has 0 amide bonds. The molecular weight excluding hydrogens is 175 g/mol. The van der Waals surface area contributed by atoms with Gasteiger partial charge in [0.25, 0.3) is 0 Å². The maximum absolute atomic E-state index is 12.2. The normalized spacial score (nSPS) is 30.8. The monoisotopic (exact) mass is 186 g/mol. The molecule has 0 aliphatic heterocycles. The predicted molar refractivity (Wildman–Crippen MR) is 46.8 cm³/mol. The second kappa shape index (κ2) is 3.97. The van der Waals surface area contributed by atoms with Gasteiger partial charge in [-0.05, 0) is 12.8 Å². The quantitative estimate of drug-likeness (QED) is 0.551. The van der Waals surface area contributed by atoms with Crippen LogP contribution in [0.2, 0.25) is 5.72 Å². The molecule has 0 aromatic heterocycles. The van der Waals surface area contributed by atoms with E-state index in [-0.39, 0.29) is 18.8 Å². The molecule has 0 saturated heterocycles. The van der Waals surface area contributed by atoms with Crippen LogP contribution in [-0.2, 0) is 0 Å². The van der Waals surface area contributed by atoms with Crippen LogP contribution < -0.4 is 0 Å². The van der Waals surface area contributed by atoms with Crippen molar-refractivity contribution in [1.29, 1.82) is 0 Å². The number of hydrogen-bond donors (Lipinski definition) is 0. The smallest absolute Gasteiger partial charge is 0.171 e. The lowest BCUT2D eigenvalue weighted by Crippen LogP contribution is -2.29. The molecule has 1 fully saturated rings. The topological polar surface area (TPSA) is 0 Å². The summed E-state index contributed by atoms with van der Waals surface area (Å²) in [6.07, 6.45) is -2.68. The molecule has 1 saturated carbocycles. The van der Waals surface area contributed by atoms with Gasteiger partial charge in [0.1, 0.15) is 0 Å². The molecular formula is C8H11B2F3. The minimum absolute atomic E-state index is 0.0681. The van der Waals surface area contributed by atoms with Gasteiger partial charge in [-0.2, -0.15) is 13.2 Å². The Balaban J connectivity index is 2.39. The molecule has 1 aliphatic rings. The first kappa shape index (κ1) is 11.0. The second-order valence-electron chi connectivity index (χ2n) is 3.73. The largest absolute Gasteiger partial charge is 0.391 e. The molecule has 0 aromatic carbocycles. The van der Waals surface area contributed by atoms with Gasteiger partial charge in [-0.25, -0.2) is 0 Å². The Morgan fingerprint density at radius 3 is 1.77 bits per heavy atom. The zero-order valence-electron chi connectivity index (χ0n) is 7.35. The van der Waals surface area contributed by atoms with Gasteiger partial charge < -0.3 is 0 Å². The molecule has 0 unspecified atom stereocenters. The van der Waals surface area contributed by atoms with Gasteiger partial charge in [0.15, 0.2) is 0 Å². The van der Waals surface area contributed by atoms with E-state index in [1.807, 2.05) is 0 Å². The van der Waals surface area contributed by atoms with Crippen molar-refractivity contribution in [2.45, 2.75) is 37.6 Å². The van der Waals surface area contributed by atoms with Crippen LogP contribution in [0.5, 0.6) is 0 Å². The van der Waals surface area contributed by atoms with Crippen LogP contribution in [0.3, 0.4) is 0 Å². The van der Waals surface area contributed by atoms with Gasteiger partial charge in [-0.1, -0.05) is 18.8 Å². The van der Waals surface area contributed by atoms with Crippen LogP contribution in [0.25, 0.3) is 0 Å². The maximum atomic E-state index is 12.2. The van der Waals surface area contributed by atoms with E-state index >= 15 is 0 Å². The van der Waals surface area contributed by atoms with Crippen molar-refractivity contribution in [1.82, 2.24) is 0 Å². The fourth-order valence-electron chi connectivity index (χ4n) is 1.83. The van der Waals surface area contributed by atoms with Crippen LogP contribution >= 0.6 is 0 Å². The lowest BCUT2D eigenvalue weighted by Gasteiger charge is -2.32. The average molecular weight is 186 g/mol. The fourth-order valence-corrected chi connectivity index (χ4v) is 1.83. The second-order valence-corrected chi connectivity index (χ2v) is 3.73. The molecule has 70 valence electrons. The van der Waals surface area contributed by atoms with Crippen LogP contribution in [0.1, 0.15) is 25.7 Å². The minimum atomic E-state index is -4.04. The molecule has 0 atom stereocenters. The Hall–Kier alpha value is -0.0801. The molecule has 1 aliphatic carbocycles. The van der Waals surface area contributed by atoms with E-state index < -0.39 is 17.8 Å². The van der Waals surface area contributed by atoms with Crippen molar-refractivity contribution in [3.05, 3.63) is 0 Å². The zero-order valence-corrected chi connectivity index (χ0v) is 7.35. The molecule has 0 bridgehead atoms. The van der Waals surface area contributed by atoms with Gasteiger partial charge in [-0.3, -0.25) is 0 Å². The number of hydrogen-bond acceptors (Lipinski definition) is 0. The molecule has 0 N–H and O–H groups in total. The van der Waals surface area contributed by atoms with E-state index in [0.29, 0.717) is 12.8 Å². The summed E-state index contributed by atoms with van der Waals surface area (Å²) in [4.78, 5) is 0. The van der Waals surface area contributed by atoms with E-state index in [4.69, 9.17) is 15.7 Å². The Morgan fingerprint density at radius 2 is 1.46 bits per heavy atom. The lowest BCUT2D eigenvalue weighted by molar-refractivity contribution is -0.183. The summed E-state index contributed by atoms with van der Waals surface area (Å²) in [6.45, 7) is 0. The van der Waals surface area contributed by atoms with Crippen molar-refractivity contribution in [3.63, 3.8) is 0 Å². The highest BCUT2D eigenvalue weighted by molar-refractivity contribution is 6.35. The van der Waals surface area contributed by atoms with Crippen LogP contribution in [0.4, 0.5) is 13.2 Å². The third kappa shape index (κ3) is 2.96. The lowest BCUT2D eigenvalue weighted by atomic mass is 9.59. The molecule has 4 radical (unpaired) electrons. The van der Waals surface area contributed by atoms with Crippen molar-refractivity contribution < 1.29 is 13.2 Å². The highest BCUT2D eigenvalue weighted by Crippen LogP contribution is 2.41. The average Bonchev–Trinajstić information content (AvgIpc) is 2.03. The van der Waals surface area contributed by atoms with E-state index in [9.17, 15) is 13.2 Å². The van der Waals surface area contributed by atoms with Crippen LogP contribution in [0, 0.1) is 11.8 Å². The third-order valence-corrected chi connectivity index (χ3v) is 2.78. The highest BCUT2D eigenvalue weighted by atomic mass is 19.4. The van der Waals surface area contributed by atoms with Crippen molar-refractivity contribution in [3.8, 4) is 0 Å². The summed E-state index contributed by atoms with van der Waals surface area (Å²) in [7, 11) is 10.8. The van der Waals surface area contributed by atoms with E-state index in [1.165, 1.54) is 0 Å². The van der Waals surface area contributed by atoms with Crippen LogP contribution in [-0.4, -0.2) is 21.9 Å². The van der Waals surface area contributed by atoms with E-state index in [0.717, 1.165) is 0 Å². The first-order valence-corrected chi connectivity index (χ1v) is 4.49. The highest BCUT2D eigenvalue weighted by Gasteiger charge is 2.41. The van der Waals surface area contributed by atoms with Crippen LogP contribution in [0.15, 0.2) is 0 Å². The Morgan fingerprint density at radius 1 is 1.00 bits per heavy atom. The first-order chi connectivity index (χ1) is 5.91. The Bertz CT molecular complexity index is 159. The molecule has 13 heavy (non-hydrogen) atoms. The zero-order chi connectivity index (χ0) is 10.1. The number of alkyl halides is 3. The summed E-state index contributed by atoms with van der Waals surface area (Å²) >= 11 is 0. The van der Waals surface area contributed by atoms with Gasteiger partial charge >= 0.3 is 6.18 Å². The predicted octanol–water partition coefficient (Wildman–Crippen LogP) is 2.44. The van der Waals surface area contributed by atoms with Crippen molar-refractivity contribution in [2.75, 3.05) is 0 Å². The first-order valence-electron chi connectivity index (χ1n) is 4.49. The van der Waals surface area contributed by atoms with E-state index in [2.05, 4.69) is 0 Å². The molecule has 0 aromatic rings. The molecule has 0 nitrogen and oxygen atoms in total. The van der Waals surface area contributed by atoms with E-state index in [1.54, 1.807) is 0 Å². The third-order valence-electron chi connectivity index (χ3n) is 2.78.